The van der Waals surface area contributed by atoms with E-state index >= 15 is 0 Å². The highest BCUT2D eigenvalue weighted by Gasteiger charge is 2.28. The number of aryl methyl sites for hydroxylation is 1. The second-order valence-electron chi connectivity index (χ2n) is 5.61. The van der Waals surface area contributed by atoms with Gasteiger partial charge >= 0.3 is 0 Å². The monoisotopic (exact) mass is 276 g/mol. The van der Waals surface area contributed by atoms with Crippen molar-refractivity contribution in [3.8, 4) is 10.6 Å². The molecule has 2 N–H and O–H groups in total. The topological polar surface area (TPSA) is 64.7 Å². The van der Waals surface area contributed by atoms with Gasteiger partial charge in [0.2, 0.25) is 0 Å². The Morgan fingerprint density at radius 1 is 1.26 bits per heavy atom. The van der Waals surface area contributed by atoms with Gasteiger partial charge in [-0.2, -0.15) is 0 Å². The molecule has 0 atom stereocenters. The first kappa shape index (κ1) is 13.9. The van der Waals surface area contributed by atoms with E-state index in [4.69, 9.17) is 10.7 Å². The molecule has 0 radical (unpaired) electrons. The Morgan fingerprint density at radius 2 is 1.95 bits per heavy atom. The predicted molar refractivity (Wildman–Crippen MR) is 80.2 cm³/mol. The molecule has 102 valence electrons. The fourth-order valence-corrected chi connectivity index (χ4v) is 2.51. The van der Waals surface area contributed by atoms with Crippen LogP contribution < -0.4 is 5.73 Å². The van der Waals surface area contributed by atoms with Crippen LogP contribution in [0.25, 0.3) is 10.6 Å². The van der Waals surface area contributed by atoms with E-state index in [1.165, 1.54) is 11.3 Å². The number of hydrogen-bond donors (Lipinski definition) is 1. The van der Waals surface area contributed by atoms with Crippen LogP contribution in [0.1, 0.15) is 39.2 Å². The van der Waals surface area contributed by atoms with Crippen molar-refractivity contribution in [1.29, 1.82) is 0 Å². The van der Waals surface area contributed by atoms with Gasteiger partial charge in [0.15, 0.2) is 5.13 Å². The molecule has 5 heteroatoms. The van der Waals surface area contributed by atoms with Crippen LogP contribution in [0.3, 0.4) is 0 Å². The van der Waals surface area contributed by atoms with Crippen LogP contribution in [0.4, 0.5) is 5.13 Å². The molecular weight excluding hydrogens is 256 g/mol. The number of rotatable bonds is 3. The summed E-state index contributed by atoms with van der Waals surface area (Å²) in [6, 6.07) is 1.92. The summed E-state index contributed by atoms with van der Waals surface area (Å²) in [6.45, 7) is 10.7. The summed E-state index contributed by atoms with van der Waals surface area (Å²) in [5.74, 6) is 1.33. The Bertz CT molecular complexity index is 587. The van der Waals surface area contributed by atoms with Crippen LogP contribution in [-0.4, -0.2) is 15.0 Å². The van der Waals surface area contributed by atoms with Gasteiger partial charge in [0.1, 0.15) is 5.82 Å². The van der Waals surface area contributed by atoms with Crippen LogP contribution in [0, 0.1) is 12.8 Å². The minimum Gasteiger partial charge on any atom is -0.375 e. The first-order valence-electron chi connectivity index (χ1n) is 6.39. The average Bonchev–Trinajstić information content (AvgIpc) is 2.68. The Balaban J connectivity index is 2.48. The molecule has 19 heavy (non-hydrogen) atoms. The zero-order chi connectivity index (χ0) is 14.2. The SMILES string of the molecule is Cc1nc(N)sc1-c1ccnc(C(C)(C)C(C)C)n1. The highest BCUT2D eigenvalue weighted by Crippen LogP contribution is 2.33. The third-order valence-electron chi connectivity index (χ3n) is 3.72. The number of nitrogen functional groups attached to an aromatic ring is 1. The van der Waals surface area contributed by atoms with E-state index in [0.29, 0.717) is 11.0 Å². The molecule has 2 heterocycles. The van der Waals surface area contributed by atoms with Crippen molar-refractivity contribution in [3.05, 3.63) is 23.8 Å². The zero-order valence-electron chi connectivity index (χ0n) is 12.1. The first-order valence-corrected chi connectivity index (χ1v) is 7.21. The Kier molecular flexibility index (Phi) is 3.58. The standard InChI is InChI=1S/C14H20N4S/c1-8(2)14(4,5)12-16-7-6-10(18-12)11-9(3)17-13(15)19-11/h6-8H,1-5H3,(H2,15,17). The summed E-state index contributed by atoms with van der Waals surface area (Å²) in [7, 11) is 0. The number of hydrogen-bond acceptors (Lipinski definition) is 5. The van der Waals surface area contributed by atoms with Crippen molar-refractivity contribution in [1.82, 2.24) is 15.0 Å². The lowest BCUT2D eigenvalue weighted by Crippen LogP contribution is -2.27. The van der Waals surface area contributed by atoms with Crippen LogP contribution in [0.15, 0.2) is 12.3 Å². The van der Waals surface area contributed by atoms with Gasteiger partial charge in [0.05, 0.1) is 16.3 Å². The van der Waals surface area contributed by atoms with E-state index in [0.717, 1.165) is 22.1 Å². The third-order valence-corrected chi connectivity index (χ3v) is 4.73. The van der Waals surface area contributed by atoms with Crippen molar-refractivity contribution < 1.29 is 0 Å². The first-order chi connectivity index (χ1) is 8.82. The molecule has 2 rings (SSSR count). The number of thiazole rings is 1. The van der Waals surface area contributed by atoms with E-state index < -0.39 is 0 Å². The van der Waals surface area contributed by atoms with E-state index in [9.17, 15) is 0 Å². The maximum absolute atomic E-state index is 5.75. The summed E-state index contributed by atoms with van der Waals surface area (Å²) >= 11 is 1.47. The molecule has 0 aliphatic carbocycles. The molecule has 0 saturated carbocycles. The Hall–Kier alpha value is -1.49. The molecule has 0 amide bonds. The van der Waals surface area contributed by atoms with Gasteiger partial charge in [-0.05, 0) is 18.9 Å². The van der Waals surface area contributed by atoms with E-state index in [1.807, 2.05) is 19.2 Å². The summed E-state index contributed by atoms with van der Waals surface area (Å²) in [5.41, 5.74) is 7.53. The molecule has 0 bridgehead atoms. The molecule has 0 aliphatic heterocycles. The predicted octanol–water partition coefficient (Wildman–Crippen LogP) is 3.42. The van der Waals surface area contributed by atoms with Gasteiger partial charge in [-0.15, -0.1) is 0 Å². The number of nitrogens with zero attached hydrogens (tertiary/aromatic N) is 3. The summed E-state index contributed by atoms with van der Waals surface area (Å²) in [5, 5.41) is 0.579. The van der Waals surface area contributed by atoms with Gasteiger partial charge in [0, 0.05) is 11.6 Å². The number of aromatic nitrogens is 3. The van der Waals surface area contributed by atoms with Gasteiger partial charge in [-0.1, -0.05) is 39.0 Å². The average molecular weight is 276 g/mol. The molecule has 0 aromatic carbocycles. The molecule has 0 spiro atoms. The molecular formula is C14H20N4S. The fraction of sp³-hybridized carbons (Fsp3) is 0.500. The summed E-state index contributed by atoms with van der Waals surface area (Å²) in [4.78, 5) is 14.4. The lowest BCUT2D eigenvalue weighted by atomic mass is 9.80. The van der Waals surface area contributed by atoms with E-state index in [2.05, 4.69) is 37.7 Å². The van der Waals surface area contributed by atoms with Gasteiger partial charge in [-0.3, -0.25) is 0 Å². The quantitative estimate of drug-likeness (QED) is 0.932. The maximum Gasteiger partial charge on any atom is 0.180 e. The van der Waals surface area contributed by atoms with Crippen molar-refractivity contribution in [2.45, 2.75) is 40.0 Å². The van der Waals surface area contributed by atoms with Crippen LogP contribution in [-0.2, 0) is 5.41 Å². The molecule has 0 fully saturated rings. The lowest BCUT2D eigenvalue weighted by molar-refractivity contribution is 0.352. The third kappa shape index (κ3) is 2.61. The number of nitrogens with two attached hydrogens (primary N) is 1. The molecule has 0 saturated heterocycles. The molecule has 2 aromatic rings. The van der Waals surface area contributed by atoms with Gasteiger partial charge < -0.3 is 5.73 Å². The smallest absolute Gasteiger partial charge is 0.180 e. The second-order valence-corrected chi connectivity index (χ2v) is 6.64. The molecule has 2 aromatic heterocycles. The van der Waals surface area contributed by atoms with Crippen LogP contribution in [0.2, 0.25) is 0 Å². The minimum atomic E-state index is -0.0554. The van der Waals surface area contributed by atoms with Crippen molar-refractivity contribution >= 4 is 16.5 Å². The lowest BCUT2D eigenvalue weighted by Gasteiger charge is -2.27. The summed E-state index contributed by atoms with van der Waals surface area (Å²) in [6.07, 6.45) is 1.82. The van der Waals surface area contributed by atoms with Crippen LogP contribution >= 0.6 is 11.3 Å². The molecule has 0 aliphatic rings. The van der Waals surface area contributed by atoms with Crippen molar-refractivity contribution in [3.63, 3.8) is 0 Å². The second kappa shape index (κ2) is 4.89. The molecule has 4 nitrogen and oxygen atoms in total. The molecule has 0 unspecified atom stereocenters. The van der Waals surface area contributed by atoms with Gasteiger partial charge in [0.25, 0.3) is 0 Å². The highest BCUT2D eigenvalue weighted by molar-refractivity contribution is 7.18. The van der Waals surface area contributed by atoms with Crippen molar-refractivity contribution in [2.24, 2.45) is 5.92 Å². The van der Waals surface area contributed by atoms with E-state index in [1.54, 1.807) is 0 Å². The normalized spacial score (nSPS) is 12.1. The largest absolute Gasteiger partial charge is 0.375 e. The summed E-state index contributed by atoms with van der Waals surface area (Å²) < 4.78 is 0. The zero-order valence-corrected chi connectivity index (χ0v) is 12.9. The minimum absolute atomic E-state index is 0.0554. The number of anilines is 1. The van der Waals surface area contributed by atoms with E-state index in [-0.39, 0.29) is 5.41 Å². The highest BCUT2D eigenvalue weighted by atomic mass is 32.1. The van der Waals surface area contributed by atoms with Crippen LogP contribution in [0.5, 0.6) is 0 Å². The maximum atomic E-state index is 5.75. The van der Waals surface area contributed by atoms with Gasteiger partial charge in [-0.25, -0.2) is 15.0 Å². The Morgan fingerprint density at radius 3 is 2.47 bits per heavy atom. The van der Waals surface area contributed by atoms with Crippen molar-refractivity contribution in [2.75, 3.05) is 5.73 Å². The fourth-order valence-electron chi connectivity index (χ4n) is 1.71. The Labute approximate surface area is 118 Å².